The summed E-state index contributed by atoms with van der Waals surface area (Å²) in [6.07, 6.45) is 0.743. The van der Waals surface area contributed by atoms with E-state index in [1.807, 2.05) is 33.8 Å². The van der Waals surface area contributed by atoms with Gasteiger partial charge in [0.1, 0.15) is 0 Å². The number of rotatable bonds is 6. The number of primary amides is 1. The molecule has 1 aromatic heterocycles. The fourth-order valence-corrected chi connectivity index (χ4v) is 3.77. The largest absolute Gasteiger partial charge is 0.351 e. The third-order valence-corrected chi connectivity index (χ3v) is 5.66. The molecule has 3 amide bonds. The average Bonchev–Trinajstić information content (AvgIpc) is 2.58. The van der Waals surface area contributed by atoms with Gasteiger partial charge in [0.15, 0.2) is 5.16 Å². The second-order valence-corrected chi connectivity index (χ2v) is 7.59. The van der Waals surface area contributed by atoms with Crippen LogP contribution in [-0.4, -0.2) is 26.7 Å². The Morgan fingerprint density at radius 3 is 2.50 bits per heavy atom. The standard InChI is InChI=1S/C18H24N4O3S/c1-5-11(4)22-16(24)12-8-6-7-9-13(12)20-18(22)26-14(10(2)3)15(23)21-17(19)25/h6-11,14H,5H2,1-4H3,(H3,19,21,23,25)/t11-,14-/m0/s1. The van der Waals surface area contributed by atoms with Gasteiger partial charge in [-0.1, -0.05) is 44.7 Å². The number of carbonyl (C=O) groups is 2. The molecule has 0 fully saturated rings. The molecule has 8 heteroatoms. The second kappa shape index (κ2) is 8.35. The van der Waals surface area contributed by atoms with Crippen LogP contribution in [0.15, 0.2) is 34.2 Å². The second-order valence-electron chi connectivity index (χ2n) is 6.48. The van der Waals surface area contributed by atoms with Crippen molar-refractivity contribution in [3.05, 3.63) is 34.6 Å². The molecule has 2 aromatic rings. The number of urea groups is 1. The molecule has 0 spiro atoms. The predicted molar refractivity (Wildman–Crippen MR) is 103 cm³/mol. The van der Waals surface area contributed by atoms with Gasteiger partial charge >= 0.3 is 6.03 Å². The van der Waals surface area contributed by atoms with Gasteiger partial charge in [0.2, 0.25) is 5.91 Å². The van der Waals surface area contributed by atoms with E-state index in [1.165, 1.54) is 11.8 Å². The number of hydrogen-bond donors (Lipinski definition) is 2. The molecule has 0 aliphatic heterocycles. The van der Waals surface area contributed by atoms with Crippen molar-refractivity contribution in [3.8, 4) is 0 Å². The number of imide groups is 1. The molecule has 0 saturated heterocycles. The molecule has 1 heterocycles. The zero-order chi connectivity index (χ0) is 19.4. The van der Waals surface area contributed by atoms with Gasteiger partial charge in [-0.15, -0.1) is 0 Å². The molecule has 0 saturated carbocycles. The maximum atomic E-state index is 13.0. The lowest BCUT2D eigenvalue weighted by molar-refractivity contribution is -0.120. The minimum atomic E-state index is -0.896. The normalized spacial score (nSPS) is 13.6. The Morgan fingerprint density at radius 2 is 1.92 bits per heavy atom. The van der Waals surface area contributed by atoms with E-state index < -0.39 is 17.2 Å². The van der Waals surface area contributed by atoms with Crippen LogP contribution < -0.4 is 16.6 Å². The van der Waals surface area contributed by atoms with Crippen molar-refractivity contribution in [2.45, 2.75) is 50.6 Å². The molecule has 0 unspecified atom stereocenters. The zero-order valence-electron chi connectivity index (χ0n) is 15.4. The van der Waals surface area contributed by atoms with Gasteiger partial charge in [0.05, 0.1) is 16.2 Å². The summed E-state index contributed by atoms with van der Waals surface area (Å²) in [4.78, 5) is 41.0. The van der Waals surface area contributed by atoms with Crippen LogP contribution in [-0.2, 0) is 4.79 Å². The van der Waals surface area contributed by atoms with Gasteiger partial charge in [0, 0.05) is 6.04 Å². The number of para-hydroxylation sites is 1. The third kappa shape index (κ3) is 4.24. The molecule has 0 aliphatic rings. The van der Waals surface area contributed by atoms with Crippen LogP contribution in [0.25, 0.3) is 10.9 Å². The number of nitrogens with zero attached hydrogens (tertiary/aromatic N) is 2. The third-order valence-electron chi connectivity index (χ3n) is 4.15. The topological polar surface area (TPSA) is 107 Å². The summed E-state index contributed by atoms with van der Waals surface area (Å²) in [5.41, 5.74) is 5.52. The first-order valence-corrected chi connectivity index (χ1v) is 9.42. The Balaban J connectivity index is 2.57. The van der Waals surface area contributed by atoms with Crippen LogP contribution in [0.5, 0.6) is 0 Å². The van der Waals surface area contributed by atoms with E-state index >= 15 is 0 Å². The Bertz CT molecular complexity index is 878. The van der Waals surface area contributed by atoms with Crippen LogP contribution in [0, 0.1) is 5.92 Å². The summed E-state index contributed by atoms with van der Waals surface area (Å²) in [7, 11) is 0. The van der Waals surface area contributed by atoms with E-state index in [2.05, 4.69) is 10.3 Å². The van der Waals surface area contributed by atoms with E-state index in [0.29, 0.717) is 16.1 Å². The number of thioether (sulfide) groups is 1. The number of benzene rings is 1. The number of carbonyl (C=O) groups excluding carboxylic acids is 2. The van der Waals surface area contributed by atoms with Gasteiger partial charge in [-0.05, 0) is 31.4 Å². The minimum absolute atomic E-state index is 0.0749. The van der Waals surface area contributed by atoms with Gasteiger partial charge in [-0.2, -0.15) is 0 Å². The Morgan fingerprint density at radius 1 is 1.27 bits per heavy atom. The molecular formula is C18H24N4O3S. The number of aromatic nitrogens is 2. The van der Waals surface area contributed by atoms with E-state index in [4.69, 9.17) is 5.73 Å². The maximum absolute atomic E-state index is 13.0. The number of hydrogen-bond acceptors (Lipinski definition) is 5. The minimum Gasteiger partial charge on any atom is -0.351 e. The van der Waals surface area contributed by atoms with Crippen LogP contribution in [0.3, 0.4) is 0 Å². The zero-order valence-corrected chi connectivity index (χ0v) is 16.2. The Labute approximate surface area is 156 Å². The van der Waals surface area contributed by atoms with E-state index in [9.17, 15) is 14.4 Å². The first-order chi connectivity index (χ1) is 12.3. The highest BCUT2D eigenvalue weighted by Gasteiger charge is 2.28. The van der Waals surface area contributed by atoms with Gasteiger partial charge in [-0.25, -0.2) is 9.78 Å². The van der Waals surface area contributed by atoms with Crippen molar-refractivity contribution in [3.63, 3.8) is 0 Å². The summed E-state index contributed by atoms with van der Waals surface area (Å²) in [5.74, 6) is -0.580. The SMILES string of the molecule is CC[C@H](C)n1c(S[C@H](C(=O)NC(N)=O)C(C)C)nc2ccccc2c1=O. The van der Waals surface area contributed by atoms with Crippen molar-refractivity contribution >= 4 is 34.6 Å². The van der Waals surface area contributed by atoms with E-state index in [1.54, 1.807) is 22.8 Å². The summed E-state index contributed by atoms with van der Waals surface area (Å²) in [5, 5.41) is 2.52. The summed E-state index contributed by atoms with van der Waals surface area (Å²) in [6, 6.07) is 6.17. The molecule has 0 bridgehead atoms. The molecule has 26 heavy (non-hydrogen) atoms. The lowest BCUT2D eigenvalue weighted by Crippen LogP contribution is -2.42. The molecule has 2 atom stereocenters. The smallest absolute Gasteiger partial charge is 0.318 e. The van der Waals surface area contributed by atoms with Crippen LogP contribution in [0.1, 0.15) is 40.2 Å². The monoisotopic (exact) mass is 376 g/mol. The first-order valence-electron chi connectivity index (χ1n) is 8.54. The van der Waals surface area contributed by atoms with Crippen molar-refractivity contribution in [2.24, 2.45) is 11.7 Å². The van der Waals surface area contributed by atoms with Crippen molar-refractivity contribution in [2.75, 3.05) is 0 Å². The van der Waals surface area contributed by atoms with Crippen molar-refractivity contribution < 1.29 is 9.59 Å². The summed E-state index contributed by atoms with van der Waals surface area (Å²) >= 11 is 1.18. The maximum Gasteiger partial charge on any atom is 0.318 e. The molecule has 0 radical (unpaired) electrons. The van der Waals surface area contributed by atoms with Crippen molar-refractivity contribution in [1.29, 1.82) is 0 Å². The highest BCUT2D eigenvalue weighted by molar-refractivity contribution is 8.00. The fraction of sp³-hybridized carbons (Fsp3) is 0.444. The van der Waals surface area contributed by atoms with Crippen LogP contribution in [0.2, 0.25) is 0 Å². The van der Waals surface area contributed by atoms with Gasteiger partial charge in [-0.3, -0.25) is 19.5 Å². The molecule has 7 nitrogen and oxygen atoms in total. The Kier molecular flexibility index (Phi) is 6.42. The number of fused-ring (bicyclic) bond motifs is 1. The Hall–Kier alpha value is -2.35. The lowest BCUT2D eigenvalue weighted by Gasteiger charge is -2.23. The first kappa shape index (κ1) is 20.0. The van der Waals surface area contributed by atoms with E-state index in [0.717, 1.165) is 6.42 Å². The van der Waals surface area contributed by atoms with Gasteiger partial charge in [0.25, 0.3) is 5.56 Å². The molecule has 0 aliphatic carbocycles. The molecule has 140 valence electrons. The summed E-state index contributed by atoms with van der Waals surface area (Å²) < 4.78 is 1.62. The lowest BCUT2D eigenvalue weighted by atomic mass is 10.1. The number of amides is 3. The quantitative estimate of drug-likeness (QED) is 0.595. The summed E-state index contributed by atoms with van der Waals surface area (Å²) in [6.45, 7) is 7.66. The average molecular weight is 376 g/mol. The van der Waals surface area contributed by atoms with Crippen LogP contribution >= 0.6 is 11.8 Å². The molecule has 3 N–H and O–H groups in total. The van der Waals surface area contributed by atoms with E-state index in [-0.39, 0.29) is 17.5 Å². The van der Waals surface area contributed by atoms with Gasteiger partial charge < -0.3 is 5.73 Å². The number of nitrogens with two attached hydrogens (primary N) is 1. The molecular weight excluding hydrogens is 352 g/mol. The highest BCUT2D eigenvalue weighted by Crippen LogP contribution is 2.29. The molecule has 2 rings (SSSR count). The highest BCUT2D eigenvalue weighted by atomic mass is 32.2. The predicted octanol–water partition coefficient (Wildman–Crippen LogP) is 2.68. The van der Waals surface area contributed by atoms with Crippen LogP contribution in [0.4, 0.5) is 4.79 Å². The van der Waals surface area contributed by atoms with Crippen molar-refractivity contribution in [1.82, 2.24) is 14.9 Å². The fourth-order valence-electron chi connectivity index (χ4n) is 2.58. The number of nitrogens with one attached hydrogen (secondary N) is 1. The molecule has 1 aromatic carbocycles.